The fourth-order valence-corrected chi connectivity index (χ4v) is 1.00. The third-order valence-corrected chi connectivity index (χ3v) is 1.73. The summed E-state index contributed by atoms with van der Waals surface area (Å²) in [5.74, 6) is -2.64. The minimum absolute atomic E-state index is 0.00441. The Labute approximate surface area is 84.7 Å². The second-order valence-electron chi connectivity index (χ2n) is 2.83. The molecule has 0 atom stereocenters. The summed E-state index contributed by atoms with van der Waals surface area (Å²) in [6.07, 6.45) is 0. The van der Waals surface area contributed by atoms with Crippen molar-refractivity contribution in [2.24, 2.45) is 0 Å². The smallest absolute Gasteiger partial charge is 0.254 e. The molecule has 1 amide bonds. The lowest BCUT2D eigenvalue weighted by molar-refractivity contribution is 0.0940. The SMILES string of the molecule is Nc1cc(C(=O)NCCO)c(F)cc1F. The Morgan fingerprint density at radius 3 is 2.67 bits per heavy atom. The molecule has 0 bridgehead atoms. The van der Waals surface area contributed by atoms with Gasteiger partial charge in [0.2, 0.25) is 0 Å². The molecule has 1 aromatic rings. The predicted octanol–water partition coefficient (Wildman–Crippen LogP) is 0.269. The first-order chi connectivity index (χ1) is 7.06. The molecule has 6 heteroatoms. The number of anilines is 1. The maximum atomic E-state index is 13.1. The van der Waals surface area contributed by atoms with Crippen LogP contribution in [0.15, 0.2) is 12.1 Å². The van der Waals surface area contributed by atoms with Gasteiger partial charge in [-0.2, -0.15) is 0 Å². The van der Waals surface area contributed by atoms with E-state index in [4.69, 9.17) is 10.8 Å². The van der Waals surface area contributed by atoms with Gasteiger partial charge in [-0.3, -0.25) is 4.79 Å². The highest BCUT2D eigenvalue weighted by molar-refractivity contribution is 5.95. The summed E-state index contributed by atoms with van der Waals surface area (Å²) < 4.78 is 25.8. The van der Waals surface area contributed by atoms with Gasteiger partial charge in [0.15, 0.2) is 0 Å². The fraction of sp³-hybridized carbons (Fsp3) is 0.222. The number of halogens is 2. The number of hydrogen-bond donors (Lipinski definition) is 3. The Hall–Kier alpha value is -1.69. The first-order valence-electron chi connectivity index (χ1n) is 4.20. The monoisotopic (exact) mass is 216 g/mol. The van der Waals surface area contributed by atoms with E-state index >= 15 is 0 Å². The molecule has 4 N–H and O–H groups in total. The van der Waals surface area contributed by atoms with Crippen molar-refractivity contribution < 1.29 is 18.7 Å². The molecule has 0 spiro atoms. The van der Waals surface area contributed by atoms with Crippen molar-refractivity contribution in [3.63, 3.8) is 0 Å². The topological polar surface area (TPSA) is 75.4 Å². The second kappa shape index (κ2) is 4.70. The van der Waals surface area contributed by atoms with Crippen LogP contribution in [0.4, 0.5) is 14.5 Å². The van der Waals surface area contributed by atoms with E-state index in [0.717, 1.165) is 6.07 Å². The molecule has 0 fully saturated rings. The van der Waals surface area contributed by atoms with Crippen LogP contribution >= 0.6 is 0 Å². The molecule has 1 aromatic carbocycles. The molecular formula is C9H10F2N2O2. The van der Waals surface area contributed by atoms with Crippen LogP contribution in [-0.2, 0) is 0 Å². The lowest BCUT2D eigenvalue weighted by Gasteiger charge is -2.05. The fourth-order valence-electron chi connectivity index (χ4n) is 1.00. The molecule has 0 aliphatic rings. The van der Waals surface area contributed by atoms with Gasteiger partial charge in [-0.25, -0.2) is 8.78 Å². The average Bonchev–Trinajstić information content (AvgIpc) is 2.20. The molecule has 0 heterocycles. The highest BCUT2D eigenvalue weighted by atomic mass is 19.1. The van der Waals surface area contributed by atoms with Crippen LogP contribution in [0.25, 0.3) is 0 Å². The van der Waals surface area contributed by atoms with Crippen LogP contribution in [0.2, 0.25) is 0 Å². The van der Waals surface area contributed by atoms with Crippen molar-refractivity contribution in [2.75, 3.05) is 18.9 Å². The molecule has 82 valence electrons. The zero-order valence-corrected chi connectivity index (χ0v) is 7.76. The van der Waals surface area contributed by atoms with Gasteiger partial charge in [0.05, 0.1) is 17.9 Å². The van der Waals surface area contributed by atoms with E-state index in [2.05, 4.69) is 5.32 Å². The molecule has 0 aliphatic carbocycles. The van der Waals surface area contributed by atoms with Crippen LogP contribution in [-0.4, -0.2) is 24.2 Å². The molecule has 0 saturated carbocycles. The number of carbonyl (C=O) groups excluding carboxylic acids is 1. The third kappa shape index (κ3) is 2.63. The highest BCUT2D eigenvalue weighted by Crippen LogP contribution is 2.16. The van der Waals surface area contributed by atoms with E-state index in [1.54, 1.807) is 0 Å². The van der Waals surface area contributed by atoms with Gasteiger partial charge in [-0.05, 0) is 6.07 Å². The molecule has 0 aromatic heterocycles. The quantitative estimate of drug-likeness (QED) is 0.635. The number of carbonyl (C=O) groups is 1. The lowest BCUT2D eigenvalue weighted by atomic mass is 10.1. The minimum atomic E-state index is -0.989. The summed E-state index contributed by atoms with van der Waals surface area (Å²) in [7, 11) is 0. The summed E-state index contributed by atoms with van der Waals surface area (Å²) >= 11 is 0. The van der Waals surface area contributed by atoms with Gasteiger partial charge >= 0.3 is 0 Å². The number of benzene rings is 1. The lowest BCUT2D eigenvalue weighted by Crippen LogP contribution is -2.27. The van der Waals surface area contributed by atoms with Crippen molar-refractivity contribution in [2.45, 2.75) is 0 Å². The van der Waals surface area contributed by atoms with Crippen molar-refractivity contribution in [3.05, 3.63) is 29.3 Å². The van der Waals surface area contributed by atoms with E-state index in [1.807, 2.05) is 0 Å². The Morgan fingerprint density at radius 2 is 2.07 bits per heavy atom. The highest BCUT2D eigenvalue weighted by Gasteiger charge is 2.14. The third-order valence-electron chi connectivity index (χ3n) is 1.73. The maximum Gasteiger partial charge on any atom is 0.254 e. The number of rotatable bonds is 3. The molecule has 0 aliphatic heterocycles. The predicted molar refractivity (Wildman–Crippen MR) is 50.2 cm³/mol. The molecule has 4 nitrogen and oxygen atoms in total. The number of hydrogen-bond acceptors (Lipinski definition) is 3. The number of nitrogens with one attached hydrogen (secondary N) is 1. The first-order valence-corrected chi connectivity index (χ1v) is 4.20. The summed E-state index contributed by atoms with van der Waals surface area (Å²) in [6, 6.07) is 1.46. The number of aliphatic hydroxyl groups excluding tert-OH is 1. The van der Waals surface area contributed by atoms with Gasteiger partial charge in [-0.1, -0.05) is 0 Å². The molecular weight excluding hydrogens is 206 g/mol. The largest absolute Gasteiger partial charge is 0.396 e. The van der Waals surface area contributed by atoms with E-state index in [-0.39, 0.29) is 24.4 Å². The number of amides is 1. The first kappa shape index (κ1) is 11.4. The van der Waals surface area contributed by atoms with Gasteiger partial charge in [0.1, 0.15) is 11.6 Å². The molecule has 0 saturated heterocycles. The van der Waals surface area contributed by atoms with Gasteiger partial charge in [0, 0.05) is 12.6 Å². The normalized spacial score (nSPS) is 10.1. The van der Waals surface area contributed by atoms with Gasteiger partial charge in [0.25, 0.3) is 5.91 Å². The standard InChI is InChI=1S/C9H10F2N2O2/c10-6-4-7(11)8(12)3-5(6)9(15)13-1-2-14/h3-4,14H,1-2,12H2,(H,13,15). The van der Waals surface area contributed by atoms with Crippen LogP contribution < -0.4 is 11.1 Å². The summed E-state index contributed by atoms with van der Waals surface area (Å²) in [5, 5.41) is 10.7. The Kier molecular flexibility index (Phi) is 3.56. The van der Waals surface area contributed by atoms with Crippen molar-refractivity contribution in [1.29, 1.82) is 0 Å². The molecule has 0 radical (unpaired) electrons. The summed E-state index contributed by atoms with van der Waals surface area (Å²) in [6.45, 7) is -0.264. The average molecular weight is 216 g/mol. The minimum Gasteiger partial charge on any atom is -0.396 e. The Morgan fingerprint density at radius 1 is 1.40 bits per heavy atom. The Balaban J connectivity index is 2.94. The summed E-state index contributed by atoms with van der Waals surface area (Å²) in [4.78, 5) is 11.2. The molecule has 15 heavy (non-hydrogen) atoms. The van der Waals surface area contributed by atoms with Crippen LogP contribution in [0.5, 0.6) is 0 Å². The van der Waals surface area contributed by atoms with E-state index in [9.17, 15) is 13.6 Å². The van der Waals surface area contributed by atoms with Crippen LogP contribution in [0.1, 0.15) is 10.4 Å². The van der Waals surface area contributed by atoms with Gasteiger partial charge in [-0.15, -0.1) is 0 Å². The summed E-state index contributed by atoms with van der Waals surface area (Å²) in [5.41, 5.74) is 4.54. The second-order valence-corrected chi connectivity index (χ2v) is 2.83. The van der Waals surface area contributed by atoms with Crippen LogP contribution in [0, 0.1) is 11.6 Å². The van der Waals surface area contributed by atoms with E-state index in [1.165, 1.54) is 0 Å². The Bertz CT molecular complexity index is 383. The van der Waals surface area contributed by atoms with Crippen LogP contribution in [0.3, 0.4) is 0 Å². The number of nitrogen functional groups attached to an aromatic ring is 1. The zero-order valence-electron chi connectivity index (χ0n) is 7.76. The zero-order chi connectivity index (χ0) is 11.4. The number of aliphatic hydroxyl groups is 1. The molecule has 0 unspecified atom stereocenters. The van der Waals surface area contributed by atoms with E-state index < -0.39 is 17.5 Å². The van der Waals surface area contributed by atoms with Crippen molar-refractivity contribution >= 4 is 11.6 Å². The number of nitrogens with two attached hydrogens (primary N) is 1. The van der Waals surface area contributed by atoms with Gasteiger partial charge < -0.3 is 16.2 Å². The van der Waals surface area contributed by atoms with E-state index in [0.29, 0.717) is 6.07 Å². The maximum absolute atomic E-state index is 13.1. The molecule has 1 rings (SSSR count). The van der Waals surface area contributed by atoms with Crippen molar-refractivity contribution in [1.82, 2.24) is 5.32 Å². The van der Waals surface area contributed by atoms with Crippen molar-refractivity contribution in [3.8, 4) is 0 Å².